The molecule has 1 aliphatic heterocycles. The minimum absolute atomic E-state index is 0.0157. The number of nitrogens with zero attached hydrogens (tertiary/aromatic N) is 1. The van der Waals surface area contributed by atoms with Crippen molar-refractivity contribution in [2.45, 2.75) is 38.8 Å². The Morgan fingerprint density at radius 1 is 1.38 bits per heavy atom. The van der Waals surface area contributed by atoms with Crippen LogP contribution in [0.1, 0.15) is 31.7 Å². The molecule has 0 bridgehead atoms. The highest BCUT2D eigenvalue weighted by atomic mass is 32.2. The van der Waals surface area contributed by atoms with Crippen molar-refractivity contribution in [2.24, 2.45) is 0 Å². The van der Waals surface area contributed by atoms with E-state index in [1.54, 1.807) is 16.7 Å². The first-order valence-corrected chi connectivity index (χ1v) is 9.85. The normalized spacial score (nSPS) is 17.1. The Morgan fingerprint density at radius 2 is 2.08 bits per heavy atom. The van der Waals surface area contributed by atoms with Crippen LogP contribution in [0.15, 0.2) is 24.3 Å². The summed E-state index contributed by atoms with van der Waals surface area (Å²) in [5.74, 6) is 0.975. The van der Waals surface area contributed by atoms with Gasteiger partial charge in [-0.2, -0.15) is 11.8 Å². The number of anilines is 1. The summed E-state index contributed by atoms with van der Waals surface area (Å²) in [5.41, 5.74) is 1.75. The standard InChI is InChI=1S/C17H23N3O2S2/c1-3-4-15(21)18-13-7-5-12(6-8-13)11-20-16(22)14(9-10-24-2)19-17(20)23/h5-8,14H,3-4,9-11H2,1-2H3,(H,18,21)(H,19,23)/t14-/m0/s1. The van der Waals surface area contributed by atoms with Crippen LogP contribution in [0.25, 0.3) is 0 Å². The number of carbonyl (C=O) groups excluding carboxylic acids is 2. The van der Waals surface area contributed by atoms with Crippen LogP contribution in [0.4, 0.5) is 5.69 Å². The van der Waals surface area contributed by atoms with Gasteiger partial charge >= 0.3 is 0 Å². The molecule has 1 atom stereocenters. The second-order valence-corrected chi connectivity index (χ2v) is 7.08. The Hall–Kier alpha value is -1.60. The van der Waals surface area contributed by atoms with Crippen molar-refractivity contribution >= 4 is 46.6 Å². The Labute approximate surface area is 152 Å². The van der Waals surface area contributed by atoms with Crippen molar-refractivity contribution in [2.75, 3.05) is 17.3 Å². The molecule has 0 radical (unpaired) electrons. The van der Waals surface area contributed by atoms with Gasteiger partial charge in [-0.25, -0.2) is 0 Å². The molecule has 0 saturated carbocycles. The SMILES string of the molecule is CCCC(=O)Nc1ccc(CN2C(=O)[C@H](CCSC)NC2=S)cc1. The second-order valence-electron chi connectivity index (χ2n) is 5.70. The highest BCUT2D eigenvalue weighted by molar-refractivity contribution is 7.98. The Balaban J connectivity index is 1.94. The lowest BCUT2D eigenvalue weighted by molar-refractivity contribution is -0.127. The average Bonchev–Trinajstić information content (AvgIpc) is 2.82. The quantitative estimate of drug-likeness (QED) is 0.694. The first-order valence-electron chi connectivity index (χ1n) is 8.04. The Bertz CT molecular complexity index is 604. The zero-order valence-electron chi connectivity index (χ0n) is 14.0. The summed E-state index contributed by atoms with van der Waals surface area (Å²) in [5, 5.41) is 6.44. The van der Waals surface area contributed by atoms with Crippen molar-refractivity contribution in [1.82, 2.24) is 10.2 Å². The van der Waals surface area contributed by atoms with E-state index in [4.69, 9.17) is 12.2 Å². The first-order chi connectivity index (χ1) is 11.5. The molecular formula is C17H23N3O2S2. The van der Waals surface area contributed by atoms with Crippen molar-refractivity contribution < 1.29 is 9.59 Å². The van der Waals surface area contributed by atoms with Crippen molar-refractivity contribution in [1.29, 1.82) is 0 Å². The number of thioether (sulfide) groups is 1. The lowest BCUT2D eigenvalue weighted by Crippen LogP contribution is -2.31. The number of nitrogens with one attached hydrogen (secondary N) is 2. The van der Waals surface area contributed by atoms with Gasteiger partial charge < -0.3 is 10.6 Å². The molecule has 130 valence electrons. The fourth-order valence-electron chi connectivity index (χ4n) is 2.48. The van der Waals surface area contributed by atoms with Crippen molar-refractivity contribution in [3.05, 3.63) is 29.8 Å². The summed E-state index contributed by atoms with van der Waals surface area (Å²) in [7, 11) is 0. The molecule has 2 N–H and O–H groups in total. The molecule has 0 unspecified atom stereocenters. The number of benzene rings is 1. The average molecular weight is 366 g/mol. The molecule has 0 spiro atoms. The number of thiocarbonyl (C=S) groups is 1. The summed E-state index contributed by atoms with van der Waals surface area (Å²) in [4.78, 5) is 25.6. The fourth-order valence-corrected chi connectivity index (χ4v) is 3.25. The van der Waals surface area contributed by atoms with Gasteiger partial charge in [0, 0.05) is 12.1 Å². The van der Waals surface area contributed by atoms with Gasteiger partial charge in [-0.1, -0.05) is 19.1 Å². The predicted octanol–water partition coefficient (Wildman–Crippen LogP) is 2.76. The molecule has 1 fully saturated rings. The topological polar surface area (TPSA) is 61.4 Å². The second kappa shape index (κ2) is 9.03. The molecule has 1 aromatic rings. The van der Waals surface area contributed by atoms with E-state index < -0.39 is 0 Å². The van der Waals surface area contributed by atoms with Crippen LogP contribution in [0.3, 0.4) is 0 Å². The van der Waals surface area contributed by atoms with E-state index in [0.717, 1.165) is 29.8 Å². The summed E-state index contributed by atoms with van der Waals surface area (Å²) < 4.78 is 0. The molecule has 1 aliphatic rings. The van der Waals surface area contributed by atoms with Crippen LogP contribution in [-0.2, 0) is 16.1 Å². The molecule has 5 nitrogen and oxygen atoms in total. The lowest BCUT2D eigenvalue weighted by Gasteiger charge is -2.15. The number of carbonyl (C=O) groups is 2. The minimum Gasteiger partial charge on any atom is -0.350 e. The summed E-state index contributed by atoms with van der Waals surface area (Å²) in [6.45, 7) is 2.42. The highest BCUT2D eigenvalue weighted by Gasteiger charge is 2.34. The number of rotatable bonds is 8. The zero-order valence-corrected chi connectivity index (χ0v) is 15.6. The van der Waals surface area contributed by atoms with Gasteiger partial charge in [0.05, 0.1) is 6.54 Å². The van der Waals surface area contributed by atoms with E-state index in [1.807, 2.05) is 37.4 Å². The van der Waals surface area contributed by atoms with Gasteiger partial charge in [0.2, 0.25) is 5.91 Å². The molecular weight excluding hydrogens is 342 g/mol. The maximum absolute atomic E-state index is 12.4. The van der Waals surface area contributed by atoms with E-state index in [9.17, 15) is 9.59 Å². The Morgan fingerprint density at radius 3 is 2.71 bits per heavy atom. The van der Waals surface area contributed by atoms with Crippen LogP contribution in [0, 0.1) is 0 Å². The van der Waals surface area contributed by atoms with Crippen LogP contribution in [-0.4, -0.2) is 39.9 Å². The molecule has 2 rings (SSSR count). The van der Waals surface area contributed by atoms with E-state index in [0.29, 0.717) is 18.1 Å². The smallest absolute Gasteiger partial charge is 0.251 e. The number of hydrogen-bond donors (Lipinski definition) is 2. The van der Waals surface area contributed by atoms with Gasteiger partial charge in [0.1, 0.15) is 6.04 Å². The molecule has 2 amide bonds. The summed E-state index contributed by atoms with van der Waals surface area (Å²) in [6.07, 6.45) is 4.14. The fraction of sp³-hybridized carbons (Fsp3) is 0.471. The summed E-state index contributed by atoms with van der Waals surface area (Å²) in [6, 6.07) is 7.31. The van der Waals surface area contributed by atoms with Gasteiger partial charge in [-0.15, -0.1) is 0 Å². The van der Waals surface area contributed by atoms with Crippen molar-refractivity contribution in [3.8, 4) is 0 Å². The van der Waals surface area contributed by atoms with Crippen LogP contribution in [0.2, 0.25) is 0 Å². The molecule has 1 aromatic carbocycles. The van der Waals surface area contributed by atoms with E-state index >= 15 is 0 Å². The number of hydrogen-bond acceptors (Lipinski definition) is 4. The molecule has 24 heavy (non-hydrogen) atoms. The molecule has 1 saturated heterocycles. The zero-order chi connectivity index (χ0) is 17.5. The van der Waals surface area contributed by atoms with Gasteiger partial charge in [-0.05, 0) is 54.8 Å². The molecule has 1 heterocycles. The predicted molar refractivity (Wildman–Crippen MR) is 103 cm³/mol. The lowest BCUT2D eigenvalue weighted by atomic mass is 10.1. The Kier molecular flexibility index (Phi) is 7.05. The van der Waals surface area contributed by atoms with Gasteiger partial charge in [-0.3, -0.25) is 14.5 Å². The first kappa shape index (κ1) is 18.7. The third kappa shape index (κ3) is 4.95. The minimum atomic E-state index is -0.211. The van der Waals surface area contributed by atoms with E-state index in [2.05, 4.69) is 10.6 Å². The van der Waals surface area contributed by atoms with Gasteiger partial charge in [0.25, 0.3) is 5.91 Å². The third-order valence-corrected chi connectivity index (χ3v) is 4.76. The van der Waals surface area contributed by atoms with Crippen LogP contribution in [0.5, 0.6) is 0 Å². The molecule has 0 aliphatic carbocycles. The van der Waals surface area contributed by atoms with E-state index in [-0.39, 0.29) is 17.9 Å². The van der Waals surface area contributed by atoms with Crippen molar-refractivity contribution in [3.63, 3.8) is 0 Å². The van der Waals surface area contributed by atoms with Crippen LogP contribution < -0.4 is 10.6 Å². The molecule has 7 heteroatoms. The van der Waals surface area contributed by atoms with E-state index in [1.165, 1.54) is 0 Å². The molecule has 0 aromatic heterocycles. The monoisotopic (exact) mass is 365 g/mol. The maximum Gasteiger partial charge on any atom is 0.251 e. The highest BCUT2D eigenvalue weighted by Crippen LogP contribution is 2.17. The third-order valence-electron chi connectivity index (χ3n) is 3.77. The van der Waals surface area contributed by atoms with Gasteiger partial charge in [0.15, 0.2) is 5.11 Å². The largest absolute Gasteiger partial charge is 0.350 e. The van der Waals surface area contributed by atoms with Crippen LogP contribution >= 0.6 is 24.0 Å². The summed E-state index contributed by atoms with van der Waals surface area (Å²) >= 11 is 7.00. The maximum atomic E-state index is 12.4. The number of amides is 2.